The number of benzene rings is 1. The van der Waals surface area contributed by atoms with Crippen LogP contribution < -0.4 is 16.4 Å². The van der Waals surface area contributed by atoms with Crippen molar-refractivity contribution >= 4 is 5.91 Å². The Kier molecular flexibility index (Phi) is 6.07. The molecule has 2 aliphatic carbocycles. The van der Waals surface area contributed by atoms with E-state index in [-0.39, 0.29) is 5.92 Å². The fourth-order valence-electron chi connectivity index (χ4n) is 3.22. The summed E-state index contributed by atoms with van der Waals surface area (Å²) in [4.78, 5) is 12.5. The van der Waals surface area contributed by atoms with Crippen LogP contribution in [0.2, 0.25) is 0 Å². The van der Waals surface area contributed by atoms with Crippen LogP contribution in [-0.4, -0.2) is 29.7 Å². The van der Waals surface area contributed by atoms with E-state index >= 15 is 0 Å². The van der Waals surface area contributed by atoms with Crippen LogP contribution in [0.25, 0.3) is 0 Å². The number of nitrogens with one attached hydrogen (secondary N) is 2. The molecule has 0 aliphatic heterocycles. The molecule has 2 aliphatic rings. The Morgan fingerprint density at radius 1 is 1.13 bits per heavy atom. The minimum absolute atomic E-state index is 0.224. The Morgan fingerprint density at radius 3 is 2.27 bits per heavy atom. The van der Waals surface area contributed by atoms with Gasteiger partial charge in [-0.05, 0) is 49.3 Å². The van der Waals surface area contributed by atoms with Gasteiger partial charge in [0.15, 0.2) is 11.6 Å². The highest BCUT2D eigenvalue weighted by Gasteiger charge is 2.48. The van der Waals surface area contributed by atoms with Gasteiger partial charge in [-0.3, -0.25) is 10.1 Å². The van der Waals surface area contributed by atoms with E-state index in [1.807, 2.05) is 5.32 Å². The number of hydrogen-bond donors (Lipinski definition) is 3. The molecule has 0 unspecified atom stereocenters. The maximum Gasteiger partial charge on any atom is 0.407 e. The van der Waals surface area contributed by atoms with Gasteiger partial charge in [-0.15, -0.1) is 0 Å². The number of carbonyl (C=O) groups is 1. The second-order valence-corrected chi connectivity index (χ2v) is 8.22. The molecule has 0 radical (unpaired) electrons. The minimum Gasteiger partial charge on any atom is -0.337 e. The number of alkyl halides is 5. The summed E-state index contributed by atoms with van der Waals surface area (Å²) in [5.41, 5.74) is 3.88. The molecule has 4 nitrogen and oxygen atoms in total. The smallest absolute Gasteiger partial charge is 0.337 e. The van der Waals surface area contributed by atoms with Gasteiger partial charge in [0.2, 0.25) is 11.8 Å². The van der Waals surface area contributed by atoms with Crippen molar-refractivity contribution in [2.24, 2.45) is 11.7 Å². The summed E-state index contributed by atoms with van der Waals surface area (Å²) < 4.78 is 96.4. The monoisotopic (exact) mass is 441 g/mol. The number of halogens is 7. The fraction of sp³-hybridized carbons (Fsp3) is 0.632. The van der Waals surface area contributed by atoms with E-state index in [1.165, 1.54) is 0 Å². The van der Waals surface area contributed by atoms with Crippen molar-refractivity contribution in [3.05, 3.63) is 35.4 Å². The molecule has 3 rings (SSSR count). The molecule has 1 amide bonds. The van der Waals surface area contributed by atoms with Gasteiger partial charge in [0, 0.05) is 12.8 Å². The van der Waals surface area contributed by atoms with Gasteiger partial charge in [0.05, 0.1) is 11.7 Å². The van der Waals surface area contributed by atoms with Gasteiger partial charge in [-0.1, -0.05) is 6.07 Å². The van der Waals surface area contributed by atoms with Crippen molar-refractivity contribution < 1.29 is 35.5 Å². The van der Waals surface area contributed by atoms with Crippen LogP contribution in [0.1, 0.15) is 50.1 Å². The lowest BCUT2D eigenvalue weighted by Gasteiger charge is -2.30. The van der Waals surface area contributed by atoms with E-state index in [0.29, 0.717) is 43.9 Å². The third kappa shape index (κ3) is 6.07. The molecule has 4 N–H and O–H groups in total. The first-order chi connectivity index (χ1) is 13.8. The largest absolute Gasteiger partial charge is 0.407 e. The summed E-state index contributed by atoms with van der Waals surface area (Å²) in [5.74, 6) is -7.59. The van der Waals surface area contributed by atoms with Gasteiger partial charge in [-0.25, -0.2) is 17.6 Å². The van der Waals surface area contributed by atoms with Crippen LogP contribution in [0, 0.1) is 17.6 Å². The average molecular weight is 441 g/mol. The SMILES string of the molecule is NC1(NC(=O)[C@H](CC(F)(F)CC2CC2)N[C@@H](c2ccc(F)c(F)c2)C(F)(F)F)CC1. The van der Waals surface area contributed by atoms with E-state index in [1.54, 1.807) is 0 Å². The molecule has 30 heavy (non-hydrogen) atoms. The number of carbonyl (C=O) groups excluding carboxylic acids is 1. The van der Waals surface area contributed by atoms with E-state index in [4.69, 9.17) is 5.73 Å². The molecule has 2 fully saturated rings. The maximum absolute atomic E-state index is 14.4. The van der Waals surface area contributed by atoms with Crippen LogP contribution in [0.5, 0.6) is 0 Å². The number of rotatable bonds is 9. The minimum atomic E-state index is -5.06. The first-order valence-corrected chi connectivity index (χ1v) is 9.54. The van der Waals surface area contributed by atoms with Crippen molar-refractivity contribution in [1.29, 1.82) is 0 Å². The molecular formula is C19H22F7N3O. The first kappa shape index (κ1) is 22.8. The van der Waals surface area contributed by atoms with E-state index in [9.17, 15) is 35.5 Å². The highest BCUT2D eigenvalue weighted by atomic mass is 19.4. The van der Waals surface area contributed by atoms with Crippen molar-refractivity contribution in [3.8, 4) is 0 Å². The lowest BCUT2D eigenvalue weighted by Crippen LogP contribution is -2.55. The summed E-state index contributed by atoms with van der Waals surface area (Å²) in [6.45, 7) is 0. The highest BCUT2D eigenvalue weighted by Crippen LogP contribution is 2.42. The zero-order valence-corrected chi connectivity index (χ0v) is 15.8. The Hall–Kier alpha value is -1.88. The fourth-order valence-corrected chi connectivity index (χ4v) is 3.22. The molecule has 11 heteroatoms. The van der Waals surface area contributed by atoms with Crippen LogP contribution in [0.15, 0.2) is 18.2 Å². The van der Waals surface area contributed by atoms with Gasteiger partial charge >= 0.3 is 6.18 Å². The molecule has 0 aromatic heterocycles. The first-order valence-electron chi connectivity index (χ1n) is 9.54. The topological polar surface area (TPSA) is 67.1 Å². The molecule has 2 saturated carbocycles. The second-order valence-electron chi connectivity index (χ2n) is 8.22. The molecule has 168 valence electrons. The maximum atomic E-state index is 14.4. The number of amides is 1. The molecule has 0 spiro atoms. The molecule has 1 aromatic rings. The van der Waals surface area contributed by atoms with Crippen molar-refractivity contribution in [2.45, 2.75) is 68.4 Å². The van der Waals surface area contributed by atoms with Gasteiger partial charge in [-0.2, -0.15) is 13.2 Å². The van der Waals surface area contributed by atoms with Gasteiger partial charge in [0.1, 0.15) is 6.04 Å². The van der Waals surface area contributed by atoms with Crippen molar-refractivity contribution in [2.75, 3.05) is 0 Å². The predicted octanol–water partition coefficient (Wildman–Crippen LogP) is 3.92. The lowest BCUT2D eigenvalue weighted by atomic mass is 9.99. The van der Waals surface area contributed by atoms with Crippen molar-refractivity contribution in [3.63, 3.8) is 0 Å². The van der Waals surface area contributed by atoms with E-state index in [2.05, 4.69) is 5.32 Å². The van der Waals surface area contributed by atoms with Crippen molar-refractivity contribution in [1.82, 2.24) is 10.6 Å². The standard InChI is InChI=1S/C19H22F7N3O/c20-12-4-3-11(7-13(12)21)15(19(24,25)26)28-14(16(30)29-18(27)5-6-18)9-17(22,23)8-10-1-2-10/h3-4,7,10,14-15,28H,1-2,5-6,8-9,27H2,(H,29,30)/t14-,15-/m0/s1. The average Bonchev–Trinajstić information content (AvgIpc) is 3.52. The third-order valence-corrected chi connectivity index (χ3v) is 5.24. The van der Waals surface area contributed by atoms with Crippen LogP contribution in [-0.2, 0) is 4.79 Å². The third-order valence-electron chi connectivity index (χ3n) is 5.24. The van der Waals surface area contributed by atoms with Crippen LogP contribution in [0.3, 0.4) is 0 Å². The van der Waals surface area contributed by atoms with E-state index < -0.39 is 65.8 Å². The Morgan fingerprint density at radius 2 is 1.77 bits per heavy atom. The zero-order valence-electron chi connectivity index (χ0n) is 15.8. The molecule has 0 bridgehead atoms. The number of hydrogen-bond acceptors (Lipinski definition) is 3. The Bertz CT molecular complexity index is 791. The number of nitrogens with two attached hydrogens (primary N) is 1. The molecule has 0 saturated heterocycles. The zero-order chi connectivity index (χ0) is 22.3. The molecule has 2 atom stereocenters. The van der Waals surface area contributed by atoms with Gasteiger partial charge < -0.3 is 11.1 Å². The summed E-state index contributed by atoms with van der Waals surface area (Å²) in [7, 11) is 0. The summed E-state index contributed by atoms with van der Waals surface area (Å²) in [5, 5.41) is 4.19. The quantitative estimate of drug-likeness (QED) is 0.402. The summed E-state index contributed by atoms with van der Waals surface area (Å²) in [6.07, 6.45) is -4.83. The second kappa shape index (κ2) is 7.99. The Labute approximate surface area is 168 Å². The van der Waals surface area contributed by atoms with Crippen LogP contribution >= 0.6 is 0 Å². The molecule has 1 aromatic carbocycles. The molecule has 0 heterocycles. The lowest BCUT2D eigenvalue weighted by molar-refractivity contribution is -0.163. The van der Waals surface area contributed by atoms with Gasteiger partial charge in [0.25, 0.3) is 0 Å². The normalized spacial score (nSPS) is 20.5. The summed E-state index contributed by atoms with van der Waals surface area (Å²) in [6, 6.07) is -3.09. The predicted molar refractivity (Wildman–Crippen MR) is 93.3 cm³/mol. The highest BCUT2D eigenvalue weighted by molar-refractivity contribution is 5.83. The van der Waals surface area contributed by atoms with Crippen LogP contribution in [0.4, 0.5) is 30.7 Å². The van der Waals surface area contributed by atoms with E-state index in [0.717, 1.165) is 0 Å². The summed E-state index contributed by atoms with van der Waals surface area (Å²) >= 11 is 0. The Balaban J connectivity index is 1.84. The molecular weight excluding hydrogens is 419 g/mol.